The van der Waals surface area contributed by atoms with E-state index in [2.05, 4.69) is 16.7 Å². The van der Waals surface area contributed by atoms with E-state index in [0.29, 0.717) is 19.8 Å². The summed E-state index contributed by atoms with van der Waals surface area (Å²) in [6.45, 7) is 6.35. The van der Waals surface area contributed by atoms with Crippen LogP contribution in [0.25, 0.3) is 10.9 Å². The molecule has 0 radical (unpaired) electrons. The number of aliphatic carboxylic acids is 1. The van der Waals surface area contributed by atoms with Crippen molar-refractivity contribution in [3.8, 4) is 17.2 Å². The lowest BCUT2D eigenvalue weighted by molar-refractivity contribution is -0.137. The highest BCUT2D eigenvalue weighted by Gasteiger charge is 2.26. The number of hydrogen-bond donors (Lipinski definition) is 1. The zero-order valence-corrected chi connectivity index (χ0v) is 17.4. The highest BCUT2D eigenvalue weighted by atomic mass is 16.5. The third-order valence-corrected chi connectivity index (χ3v) is 5.46. The number of rotatable bonds is 9. The Morgan fingerprint density at radius 2 is 1.83 bits per heavy atom. The number of benzene rings is 2. The van der Waals surface area contributed by atoms with Crippen LogP contribution in [0, 0.1) is 0 Å². The first-order valence-electron chi connectivity index (χ1n) is 10.4. The standard InChI is InChI=1S/C24H27NO5/c1-3-28-22-8-5-16(11-23(22)29-4-2)15-30-19-6-7-20-18(12-19)13-21-17(14-24(26)27)9-10-25(20)21/h5-8,11-13,17H,3-4,9-10,14-15H2,1-2H3,(H,26,27)/t17-/m0/s1. The van der Waals surface area contributed by atoms with Crippen molar-refractivity contribution >= 4 is 16.9 Å². The maximum absolute atomic E-state index is 11.1. The fraction of sp³-hybridized carbons (Fsp3) is 0.375. The number of aryl methyl sites for hydroxylation is 1. The number of ether oxygens (including phenoxy) is 3. The van der Waals surface area contributed by atoms with Crippen molar-refractivity contribution in [2.45, 2.75) is 45.8 Å². The van der Waals surface area contributed by atoms with Crippen LogP contribution < -0.4 is 14.2 Å². The minimum Gasteiger partial charge on any atom is -0.490 e. The van der Waals surface area contributed by atoms with Gasteiger partial charge in [0.05, 0.1) is 19.6 Å². The van der Waals surface area contributed by atoms with Gasteiger partial charge in [-0.05, 0) is 62.2 Å². The Hall–Kier alpha value is -3.15. The number of aromatic nitrogens is 1. The van der Waals surface area contributed by atoms with E-state index in [-0.39, 0.29) is 12.3 Å². The number of fused-ring (bicyclic) bond motifs is 3. The van der Waals surface area contributed by atoms with Crippen LogP contribution in [0.2, 0.25) is 0 Å². The van der Waals surface area contributed by atoms with Gasteiger partial charge in [0.2, 0.25) is 0 Å². The van der Waals surface area contributed by atoms with Gasteiger partial charge in [0.15, 0.2) is 11.5 Å². The van der Waals surface area contributed by atoms with Crippen LogP contribution in [0.5, 0.6) is 17.2 Å². The zero-order valence-electron chi connectivity index (χ0n) is 17.4. The van der Waals surface area contributed by atoms with Crippen molar-refractivity contribution in [3.63, 3.8) is 0 Å². The third kappa shape index (κ3) is 4.08. The van der Waals surface area contributed by atoms with Crippen molar-refractivity contribution < 1.29 is 24.1 Å². The minimum absolute atomic E-state index is 0.0834. The normalized spacial score (nSPS) is 15.2. The van der Waals surface area contributed by atoms with Crippen LogP contribution in [0.15, 0.2) is 42.5 Å². The van der Waals surface area contributed by atoms with Gasteiger partial charge >= 0.3 is 5.97 Å². The maximum Gasteiger partial charge on any atom is 0.304 e. The Labute approximate surface area is 176 Å². The second kappa shape index (κ2) is 8.69. The monoisotopic (exact) mass is 409 g/mol. The van der Waals surface area contributed by atoms with E-state index in [1.165, 1.54) is 0 Å². The molecule has 1 N–H and O–H groups in total. The van der Waals surface area contributed by atoms with Crippen molar-refractivity contribution in [2.24, 2.45) is 0 Å². The molecule has 0 spiro atoms. The Morgan fingerprint density at radius 3 is 2.60 bits per heavy atom. The first-order valence-corrected chi connectivity index (χ1v) is 10.4. The summed E-state index contributed by atoms with van der Waals surface area (Å²) in [6, 6.07) is 14.0. The second-order valence-corrected chi connectivity index (χ2v) is 7.46. The van der Waals surface area contributed by atoms with Gasteiger partial charge in [-0.1, -0.05) is 6.07 Å². The summed E-state index contributed by atoms with van der Waals surface area (Å²) in [4.78, 5) is 11.1. The molecule has 158 valence electrons. The van der Waals surface area contributed by atoms with E-state index in [1.54, 1.807) is 0 Å². The minimum atomic E-state index is -0.746. The number of carboxylic acids is 1. The molecule has 0 bridgehead atoms. The summed E-state index contributed by atoms with van der Waals surface area (Å²) in [5.41, 5.74) is 3.24. The van der Waals surface area contributed by atoms with Crippen molar-refractivity contribution in [1.82, 2.24) is 4.57 Å². The lowest BCUT2D eigenvalue weighted by Gasteiger charge is -2.13. The number of carbonyl (C=O) groups is 1. The van der Waals surface area contributed by atoms with Crippen LogP contribution in [0.3, 0.4) is 0 Å². The lowest BCUT2D eigenvalue weighted by Crippen LogP contribution is -2.02. The first-order chi connectivity index (χ1) is 14.6. The molecule has 1 aliphatic heterocycles. The van der Waals surface area contributed by atoms with Crippen LogP contribution >= 0.6 is 0 Å². The quantitative estimate of drug-likeness (QED) is 0.540. The molecule has 1 aromatic heterocycles. The van der Waals surface area contributed by atoms with Crippen molar-refractivity contribution in [2.75, 3.05) is 13.2 Å². The molecular weight excluding hydrogens is 382 g/mol. The lowest BCUT2D eigenvalue weighted by atomic mass is 10.0. The van der Waals surface area contributed by atoms with Gasteiger partial charge in [-0.2, -0.15) is 0 Å². The molecule has 3 aromatic rings. The van der Waals surface area contributed by atoms with E-state index in [9.17, 15) is 4.79 Å². The van der Waals surface area contributed by atoms with Gasteiger partial charge in [-0.25, -0.2) is 0 Å². The largest absolute Gasteiger partial charge is 0.490 e. The molecule has 0 fully saturated rings. The van der Waals surface area contributed by atoms with E-state index in [0.717, 1.165) is 52.4 Å². The molecule has 1 atom stereocenters. The van der Waals surface area contributed by atoms with Crippen LogP contribution in [-0.2, 0) is 17.9 Å². The molecule has 6 nitrogen and oxygen atoms in total. The van der Waals surface area contributed by atoms with Gasteiger partial charge in [0, 0.05) is 29.1 Å². The molecular formula is C24H27NO5. The zero-order chi connectivity index (χ0) is 21.1. The Balaban J connectivity index is 1.50. The van der Waals surface area contributed by atoms with Crippen LogP contribution in [0.4, 0.5) is 0 Å². The van der Waals surface area contributed by atoms with Crippen molar-refractivity contribution in [3.05, 3.63) is 53.7 Å². The third-order valence-electron chi connectivity index (χ3n) is 5.46. The maximum atomic E-state index is 11.1. The van der Waals surface area contributed by atoms with E-state index < -0.39 is 5.97 Å². The molecule has 30 heavy (non-hydrogen) atoms. The van der Waals surface area contributed by atoms with Crippen LogP contribution in [0.1, 0.15) is 43.9 Å². The summed E-state index contributed by atoms with van der Waals surface area (Å²) in [6.07, 6.45) is 1.06. The van der Waals surface area contributed by atoms with Gasteiger partial charge in [-0.3, -0.25) is 4.79 Å². The van der Waals surface area contributed by atoms with E-state index in [4.69, 9.17) is 19.3 Å². The fourth-order valence-electron chi connectivity index (χ4n) is 4.15. The van der Waals surface area contributed by atoms with E-state index in [1.807, 2.05) is 44.2 Å². The van der Waals surface area contributed by atoms with Gasteiger partial charge in [0.1, 0.15) is 12.4 Å². The smallest absolute Gasteiger partial charge is 0.304 e. The Bertz CT molecular complexity index is 1060. The Morgan fingerprint density at radius 1 is 1.03 bits per heavy atom. The van der Waals surface area contributed by atoms with Gasteiger partial charge in [0.25, 0.3) is 0 Å². The molecule has 0 aliphatic carbocycles. The fourth-order valence-corrected chi connectivity index (χ4v) is 4.15. The average molecular weight is 409 g/mol. The molecule has 2 heterocycles. The predicted octanol–water partition coefficient (Wildman–Crippen LogP) is 4.98. The van der Waals surface area contributed by atoms with Crippen LogP contribution in [-0.4, -0.2) is 28.9 Å². The predicted molar refractivity (Wildman–Crippen MR) is 115 cm³/mol. The van der Waals surface area contributed by atoms with E-state index >= 15 is 0 Å². The van der Waals surface area contributed by atoms with Gasteiger partial charge < -0.3 is 23.9 Å². The molecule has 0 amide bonds. The average Bonchev–Trinajstić information content (AvgIpc) is 3.27. The first kappa shape index (κ1) is 20.1. The summed E-state index contributed by atoms with van der Waals surface area (Å²) in [7, 11) is 0. The number of hydrogen-bond acceptors (Lipinski definition) is 4. The second-order valence-electron chi connectivity index (χ2n) is 7.46. The van der Waals surface area contributed by atoms with Gasteiger partial charge in [-0.15, -0.1) is 0 Å². The summed E-state index contributed by atoms with van der Waals surface area (Å²) < 4.78 is 19.6. The molecule has 6 heteroatoms. The highest BCUT2D eigenvalue weighted by Crippen LogP contribution is 2.37. The molecule has 0 unspecified atom stereocenters. The summed E-state index contributed by atoms with van der Waals surface area (Å²) in [5.74, 6) is 1.59. The molecule has 1 aliphatic rings. The summed E-state index contributed by atoms with van der Waals surface area (Å²) >= 11 is 0. The molecule has 0 saturated heterocycles. The number of carboxylic acid groups (broad SMARTS) is 1. The Kier molecular flexibility index (Phi) is 5.84. The SMILES string of the molecule is CCOc1ccc(COc2ccc3c(c2)cc2n3CC[C@H]2CC(=O)O)cc1OCC. The molecule has 2 aromatic carbocycles. The summed E-state index contributed by atoms with van der Waals surface area (Å²) in [5, 5.41) is 10.2. The molecule has 4 rings (SSSR count). The number of nitrogens with zero attached hydrogens (tertiary/aromatic N) is 1. The topological polar surface area (TPSA) is 69.9 Å². The highest BCUT2D eigenvalue weighted by molar-refractivity contribution is 5.83. The van der Waals surface area contributed by atoms with Crippen molar-refractivity contribution in [1.29, 1.82) is 0 Å². The molecule has 0 saturated carbocycles.